The van der Waals surface area contributed by atoms with Crippen molar-refractivity contribution in [3.05, 3.63) is 29.8 Å². The fraction of sp³-hybridized carbons (Fsp3) is 0.533. The number of nitrogens with zero attached hydrogens (tertiary/aromatic N) is 2. The van der Waals surface area contributed by atoms with E-state index in [1.807, 2.05) is 6.92 Å². The van der Waals surface area contributed by atoms with Gasteiger partial charge in [-0.05, 0) is 30.0 Å². The van der Waals surface area contributed by atoms with Crippen molar-refractivity contribution >= 4 is 10.0 Å². The van der Waals surface area contributed by atoms with Gasteiger partial charge in [0.15, 0.2) is 0 Å². The molecule has 0 amide bonds. The van der Waals surface area contributed by atoms with Gasteiger partial charge in [-0.1, -0.05) is 25.5 Å². The van der Waals surface area contributed by atoms with Crippen LogP contribution in [0.15, 0.2) is 29.2 Å². The molecule has 1 fully saturated rings. The molecule has 0 aliphatic carbocycles. The van der Waals surface area contributed by atoms with Crippen molar-refractivity contribution in [3.63, 3.8) is 0 Å². The van der Waals surface area contributed by atoms with Gasteiger partial charge in [0.2, 0.25) is 10.0 Å². The number of piperidine rings is 1. The Morgan fingerprint density at radius 2 is 2.05 bits per heavy atom. The van der Waals surface area contributed by atoms with Gasteiger partial charge in [-0.3, -0.25) is 0 Å². The molecule has 2 atom stereocenters. The monoisotopic (exact) mass is 307 g/mol. The van der Waals surface area contributed by atoms with Crippen molar-refractivity contribution in [2.45, 2.75) is 37.1 Å². The highest BCUT2D eigenvalue weighted by molar-refractivity contribution is 7.89. The van der Waals surface area contributed by atoms with Gasteiger partial charge in [0, 0.05) is 19.1 Å². The Morgan fingerprint density at radius 3 is 2.62 bits per heavy atom. The van der Waals surface area contributed by atoms with Gasteiger partial charge >= 0.3 is 0 Å². The Bertz CT molecular complexity index is 619. The molecule has 1 aromatic carbocycles. The lowest BCUT2D eigenvalue weighted by atomic mass is 9.92. The number of nitrogens with two attached hydrogens (primary N) is 1. The van der Waals surface area contributed by atoms with Crippen LogP contribution in [0, 0.1) is 17.2 Å². The van der Waals surface area contributed by atoms with E-state index in [0.717, 1.165) is 12.0 Å². The zero-order chi connectivity index (χ0) is 15.5. The van der Waals surface area contributed by atoms with Crippen LogP contribution in [0.5, 0.6) is 0 Å². The normalized spacial score (nSPS) is 23.7. The van der Waals surface area contributed by atoms with E-state index in [-0.39, 0.29) is 23.3 Å². The van der Waals surface area contributed by atoms with Crippen LogP contribution < -0.4 is 5.73 Å². The first kappa shape index (κ1) is 16.0. The molecule has 0 bridgehead atoms. The van der Waals surface area contributed by atoms with E-state index >= 15 is 0 Å². The predicted octanol–water partition coefficient (Wildman–Crippen LogP) is 1.50. The van der Waals surface area contributed by atoms with Gasteiger partial charge in [-0.25, -0.2) is 8.42 Å². The number of hydrogen-bond acceptors (Lipinski definition) is 4. The average Bonchev–Trinajstić information content (AvgIpc) is 2.48. The second-order valence-electron chi connectivity index (χ2n) is 5.46. The third-order valence-corrected chi connectivity index (χ3v) is 6.00. The van der Waals surface area contributed by atoms with Crippen LogP contribution in [0.3, 0.4) is 0 Å². The lowest BCUT2D eigenvalue weighted by Crippen LogP contribution is -2.48. The third-order valence-electron chi connectivity index (χ3n) is 4.12. The number of nitriles is 1. The molecule has 1 heterocycles. The topological polar surface area (TPSA) is 87.2 Å². The summed E-state index contributed by atoms with van der Waals surface area (Å²) in [5.41, 5.74) is 6.86. The first-order valence-electron chi connectivity index (χ1n) is 7.20. The molecule has 1 aromatic rings. The smallest absolute Gasteiger partial charge is 0.243 e. The largest absolute Gasteiger partial charge is 0.327 e. The van der Waals surface area contributed by atoms with Gasteiger partial charge in [0.05, 0.1) is 17.4 Å². The van der Waals surface area contributed by atoms with E-state index < -0.39 is 10.0 Å². The minimum Gasteiger partial charge on any atom is -0.327 e. The Kier molecular flexibility index (Phi) is 4.99. The van der Waals surface area contributed by atoms with E-state index in [9.17, 15) is 8.42 Å². The van der Waals surface area contributed by atoms with Crippen LogP contribution in [-0.4, -0.2) is 31.9 Å². The predicted molar refractivity (Wildman–Crippen MR) is 80.9 cm³/mol. The molecular formula is C15H21N3O2S. The molecule has 0 aromatic heterocycles. The molecule has 0 saturated carbocycles. The van der Waals surface area contributed by atoms with E-state index in [0.29, 0.717) is 19.5 Å². The maximum atomic E-state index is 12.6. The maximum absolute atomic E-state index is 12.6. The molecule has 0 radical (unpaired) electrons. The van der Waals surface area contributed by atoms with Gasteiger partial charge < -0.3 is 5.73 Å². The summed E-state index contributed by atoms with van der Waals surface area (Å²) in [4.78, 5) is 0.287. The fourth-order valence-corrected chi connectivity index (χ4v) is 4.20. The molecule has 1 saturated heterocycles. The molecule has 114 valence electrons. The summed E-state index contributed by atoms with van der Waals surface area (Å²) in [6, 6.07) is 8.69. The van der Waals surface area contributed by atoms with Crippen LogP contribution in [0.1, 0.15) is 25.3 Å². The SMILES string of the molecule is CCC1CN(S(=O)(=O)c2ccc(CC#N)cc2)CCC1N. The second-order valence-corrected chi connectivity index (χ2v) is 7.40. The van der Waals surface area contributed by atoms with Gasteiger partial charge in [-0.15, -0.1) is 0 Å². The van der Waals surface area contributed by atoms with Crippen LogP contribution in [0.2, 0.25) is 0 Å². The average molecular weight is 307 g/mol. The molecule has 2 unspecified atom stereocenters. The molecule has 1 aliphatic rings. The highest BCUT2D eigenvalue weighted by Crippen LogP contribution is 2.25. The maximum Gasteiger partial charge on any atom is 0.243 e. The summed E-state index contributed by atoms with van der Waals surface area (Å²) in [7, 11) is -3.47. The molecule has 0 spiro atoms. The quantitative estimate of drug-likeness (QED) is 0.913. The minimum absolute atomic E-state index is 0.0828. The van der Waals surface area contributed by atoms with Gasteiger partial charge in [-0.2, -0.15) is 9.57 Å². The van der Waals surface area contributed by atoms with Crippen molar-refractivity contribution in [3.8, 4) is 6.07 Å². The Hall–Kier alpha value is -1.42. The van der Waals surface area contributed by atoms with Gasteiger partial charge in [0.1, 0.15) is 0 Å². The first-order valence-corrected chi connectivity index (χ1v) is 8.64. The molecule has 2 rings (SSSR count). The van der Waals surface area contributed by atoms with E-state index in [1.165, 1.54) is 4.31 Å². The van der Waals surface area contributed by atoms with Crippen molar-refractivity contribution in [2.75, 3.05) is 13.1 Å². The number of benzene rings is 1. The fourth-order valence-electron chi connectivity index (χ4n) is 2.69. The van der Waals surface area contributed by atoms with Crippen molar-refractivity contribution in [1.82, 2.24) is 4.31 Å². The molecule has 6 heteroatoms. The zero-order valence-corrected chi connectivity index (χ0v) is 13.0. The molecule has 5 nitrogen and oxygen atoms in total. The van der Waals surface area contributed by atoms with Crippen molar-refractivity contribution in [1.29, 1.82) is 5.26 Å². The zero-order valence-electron chi connectivity index (χ0n) is 12.2. The number of rotatable bonds is 4. The lowest BCUT2D eigenvalue weighted by Gasteiger charge is -2.35. The standard InChI is InChI=1S/C15H21N3O2S/c1-2-13-11-18(10-8-15(13)17)21(19,20)14-5-3-12(4-6-14)7-9-16/h3-6,13,15H,2,7-8,10-11,17H2,1H3. The minimum atomic E-state index is -3.47. The third kappa shape index (κ3) is 3.43. The van der Waals surface area contributed by atoms with Crippen molar-refractivity contribution < 1.29 is 8.42 Å². The highest BCUT2D eigenvalue weighted by atomic mass is 32.2. The summed E-state index contributed by atoms with van der Waals surface area (Å²) >= 11 is 0. The highest BCUT2D eigenvalue weighted by Gasteiger charge is 2.33. The summed E-state index contributed by atoms with van der Waals surface area (Å²) in [5, 5.41) is 8.65. The molecule has 21 heavy (non-hydrogen) atoms. The van der Waals surface area contributed by atoms with Gasteiger partial charge in [0.25, 0.3) is 0 Å². The Balaban J connectivity index is 2.19. The first-order chi connectivity index (χ1) is 9.98. The van der Waals surface area contributed by atoms with Crippen LogP contribution >= 0.6 is 0 Å². The lowest BCUT2D eigenvalue weighted by molar-refractivity contribution is 0.230. The number of hydrogen-bond donors (Lipinski definition) is 1. The molecule has 2 N–H and O–H groups in total. The Labute approximate surface area is 126 Å². The second kappa shape index (κ2) is 6.56. The van der Waals surface area contributed by atoms with Crippen LogP contribution in [0.25, 0.3) is 0 Å². The summed E-state index contributed by atoms with van der Waals surface area (Å²) in [6.07, 6.45) is 1.87. The van der Waals surface area contributed by atoms with E-state index in [4.69, 9.17) is 11.0 Å². The van der Waals surface area contributed by atoms with E-state index in [1.54, 1.807) is 24.3 Å². The van der Waals surface area contributed by atoms with Crippen molar-refractivity contribution in [2.24, 2.45) is 11.7 Å². The Morgan fingerprint density at radius 1 is 1.38 bits per heavy atom. The molecular weight excluding hydrogens is 286 g/mol. The molecule has 1 aliphatic heterocycles. The van der Waals surface area contributed by atoms with Crippen LogP contribution in [0.4, 0.5) is 0 Å². The summed E-state index contributed by atoms with van der Waals surface area (Å²) in [5.74, 6) is 0.214. The summed E-state index contributed by atoms with van der Waals surface area (Å²) in [6.45, 7) is 3.00. The van der Waals surface area contributed by atoms with E-state index in [2.05, 4.69) is 6.07 Å². The summed E-state index contributed by atoms with van der Waals surface area (Å²) < 4.78 is 26.8. The number of sulfonamides is 1. The van der Waals surface area contributed by atoms with Crippen LogP contribution in [-0.2, 0) is 16.4 Å².